The predicted octanol–water partition coefficient (Wildman–Crippen LogP) is 0.466. The Balaban J connectivity index is 2.13. The van der Waals surface area contributed by atoms with Crippen LogP contribution in [0.2, 0.25) is 0 Å². The van der Waals surface area contributed by atoms with E-state index < -0.39 is 5.97 Å². The first-order valence-electron chi connectivity index (χ1n) is 5.15. The first-order valence-corrected chi connectivity index (χ1v) is 5.15. The minimum absolute atomic E-state index is 0.0689. The lowest BCUT2D eigenvalue weighted by Crippen LogP contribution is -2.38. The molecule has 0 unspecified atom stereocenters. The molecule has 1 N–H and O–H groups in total. The third-order valence-corrected chi connectivity index (χ3v) is 2.52. The number of likely N-dealkylation sites (tertiary alicyclic amines) is 1. The van der Waals surface area contributed by atoms with Crippen LogP contribution in [0.3, 0.4) is 0 Å². The number of nitrogens with zero attached hydrogens (tertiary/aromatic N) is 2. The van der Waals surface area contributed by atoms with Gasteiger partial charge in [-0.2, -0.15) is 5.26 Å². The molecule has 1 aliphatic heterocycles. The molecule has 1 heterocycles. The number of hydrogen-bond acceptors (Lipinski definition) is 4. The summed E-state index contributed by atoms with van der Waals surface area (Å²) in [5.41, 5.74) is 0. The Morgan fingerprint density at radius 2 is 2.20 bits per heavy atom. The van der Waals surface area contributed by atoms with Crippen LogP contribution in [0.15, 0.2) is 0 Å². The quantitative estimate of drug-likeness (QED) is 0.717. The Labute approximate surface area is 89.2 Å². The van der Waals surface area contributed by atoms with Crippen LogP contribution in [0.4, 0.5) is 0 Å². The zero-order valence-electron chi connectivity index (χ0n) is 8.69. The van der Waals surface area contributed by atoms with Crippen molar-refractivity contribution in [2.45, 2.75) is 25.4 Å². The second-order valence-corrected chi connectivity index (χ2v) is 3.65. The summed E-state index contributed by atoms with van der Waals surface area (Å²) in [5, 5.41) is 16.9. The number of piperidine rings is 1. The standard InChI is InChI=1S/C10H16N2O3/c11-4-1-5-12-6-2-9(3-7-12)15-8-10(13)14/h9H,1-3,5-8H2,(H,13,14). The highest BCUT2D eigenvalue weighted by atomic mass is 16.5. The maximum absolute atomic E-state index is 10.3. The van der Waals surface area contributed by atoms with Gasteiger partial charge in [0.05, 0.1) is 12.2 Å². The Morgan fingerprint density at radius 1 is 1.53 bits per heavy atom. The average molecular weight is 212 g/mol. The summed E-state index contributed by atoms with van der Waals surface area (Å²) < 4.78 is 5.21. The van der Waals surface area contributed by atoms with Crippen LogP contribution in [0, 0.1) is 11.3 Å². The van der Waals surface area contributed by atoms with Gasteiger partial charge in [0.2, 0.25) is 0 Å². The fraction of sp³-hybridized carbons (Fsp3) is 0.800. The molecule has 0 bridgehead atoms. The van der Waals surface area contributed by atoms with Crippen molar-refractivity contribution in [2.24, 2.45) is 0 Å². The zero-order chi connectivity index (χ0) is 11.1. The van der Waals surface area contributed by atoms with Gasteiger partial charge in [-0.3, -0.25) is 0 Å². The first-order chi connectivity index (χ1) is 7.22. The summed E-state index contributed by atoms with van der Waals surface area (Å²) in [6.07, 6.45) is 2.34. The van der Waals surface area contributed by atoms with Gasteiger partial charge < -0.3 is 14.7 Å². The maximum atomic E-state index is 10.3. The number of aliphatic carboxylic acids is 1. The molecule has 84 valence electrons. The Kier molecular flexibility index (Phi) is 5.08. The van der Waals surface area contributed by atoms with E-state index in [2.05, 4.69) is 11.0 Å². The topological polar surface area (TPSA) is 73.6 Å². The molecule has 0 aromatic heterocycles. The molecule has 0 radical (unpaired) electrons. The molecule has 0 aromatic carbocycles. The minimum Gasteiger partial charge on any atom is -0.480 e. The molecular formula is C10H16N2O3. The van der Waals surface area contributed by atoms with Gasteiger partial charge in [0.1, 0.15) is 6.61 Å². The van der Waals surface area contributed by atoms with Crippen molar-refractivity contribution in [3.63, 3.8) is 0 Å². The van der Waals surface area contributed by atoms with Gasteiger partial charge in [0.15, 0.2) is 0 Å². The van der Waals surface area contributed by atoms with Gasteiger partial charge in [-0.25, -0.2) is 4.79 Å². The smallest absolute Gasteiger partial charge is 0.329 e. The molecule has 15 heavy (non-hydrogen) atoms. The molecule has 0 aliphatic carbocycles. The largest absolute Gasteiger partial charge is 0.480 e. The van der Waals surface area contributed by atoms with Crippen LogP contribution in [0.1, 0.15) is 19.3 Å². The molecule has 5 heteroatoms. The summed E-state index contributed by atoms with van der Waals surface area (Å²) >= 11 is 0. The van der Waals surface area contributed by atoms with E-state index >= 15 is 0 Å². The summed E-state index contributed by atoms with van der Waals surface area (Å²) in [6.45, 7) is 2.39. The Hall–Kier alpha value is -1.12. The number of carboxylic acid groups (broad SMARTS) is 1. The number of rotatable bonds is 5. The van der Waals surface area contributed by atoms with Gasteiger partial charge >= 0.3 is 5.97 Å². The monoisotopic (exact) mass is 212 g/mol. The van der Waals surface area contributed by atoms with Gasteiger partial charge in [-0.15, -0.1) is 0 Å². The summed E-state index contributed by atoms with van der Waals surface area (Å²) in [6, 6.07) is 2.12. The van der Waals surface area contributed by atoms with Gasteiger partial charge in [-0.1, -0.05) is 0 Å². The SMILES string of the molecule is N#CCCN1CCC(OCC(=O)O)CC1. The van der Waals surface area contributed by atoms with Gasteiger partial charge in [0, 0.05) is 26.1 Å². The highest BCUT2D eigenvalue weighted by molar-refractivity contribution is 5.68. The van der Waals surface area contributed by atoms with Crippen LogP contribution in [-0.4, -0.2) is 48.3 Å². The lowest BCUT2D eigenvalue weighted by Gasteiger charge is -2.30. The van der Waals surface area contributed by atoms with E-state index in [4.69, 9.17) is 15.1 Å². The molecule has 1 rings (SSSR count). The van der Waals surface area contributed by atoms with Crippen LogP contribution in [-0.2, 0) is 9.53 Å². The average Bonchev–Trinajstić information content (AvgIpc) is 2.25. The molecule has 0 aromatic rings. The van der Waals surface area contributed by atoms with Gasteiger partial charge in [0.25, 0.3) is 0 Å². The molecule has 1 fully saturated rings. The zero-order valence-corrected chi connectivity index (χ0v) is 8.69. The van der Waals surface area contributed by atoms with Crippen molar-refractivity contribution in [2.75, 3.05) is 26.2 Å². The predicted molar refractivity (Wildman–Crippen MR) is 53.3 cm³/mol. The molecule has 0 spiro atoms. The second-order valence-electron chi connectivity index (χ2n) is 3.65. The third-order valence-electron chi connectivity index (χ3n) is 2.52. The van der Waals surface area contributed by atoms with E-state index in [0.717, 1.165) is 32.5 Å². The number of hydrogen-bond donors (Lipinski definition) is 1. The molecule has 0 saturated carbocycles. The minimum atomic E-state index is -0.915. The van der Waals surface area contributed by atoms with E-state index in [-0.39, 0.29) is 12.7 Å². The fourth-order valence-corrected chi connectivity index (χ4v) is 1.70. The normalized spacial score (nSPS) is 18.6. The molecular weight excluding hydrogens is 196 g/mol. The number of carboxylic acids is 1. The summed E-state index contributed by atoms with van der Waals surface area (Å²) in [7, 11) is 0. The lowest BCUT2D eigenvalue weighted by atomic mass is 10.1. The van der Waals surface area contributed by atoms with Crippen LogP contribution < -0.4 is 0 Å². The summed E-state index contributed by atoms with van der Waals surface area (Å²) in [4.78, 5) is 12.5. The number of nitriles is 1. The van der Waals surface area contributed by atoms with Crippen molar-refractivity contribution in [1.82, 2.24) is 4.90 Å². The Morgan fingerprint density at radius 3 is 2.73 bits per heavy atom. The fourth-order valence-electron chi connectivity index (χ4n) is 1.70. The van der Waals surface area contributed by atoms with Crippen molar-refractivity contribution in [3.8, 4) is 6.07 Å². The van der Waals surface area contributed by atoms with E-state index in [0.29, 0.717) is 6.42 Å². The molecule has 0 atom stereocenters. The molecule has 5 nitrogen and oxygen atoms in total. The maximum Gasteiger partial charge on any atom is 0.329 e. The van der Waals surface area contributed by atoms with E-state index in [1.807, 2.05) is 0 Å². The van der Waals surface area contributed by atoms with E-state index in [9.17, 15) is 4.79 Å². The molecule has 1 aliphatic rings. The van der Waals surface area contributed by atoms with E-state index in [1.165, 1.54) is 0 Å². The van der Waals surface area contributed by atoms with Crippen LogP contribution >= 0.6 is 0 Å². The van der Waals surface area contributed by atoms with Crippen molar-refractivity contribution >= 4 is 5.97 Å². The van der Waals surface area contributed by atoms with Gasteiger partial charge in [-0.05, 0) is 12.8 Å². The highest BCUT2D eigenvalue weighted by Crippen LogP contribution is 2.13. The van der Waals surface area contributed by atoms with E-state index in [1.54, 1.807) is 0 Å². The molecule has 1 saturated heterocycles. The number of carbonyl (C=O) groups is 1. The van der Waals surface area contributed by atoms with Crippen LogP contribution in [0.25, 0.3) is 0 Å². The summed E-state index contributed by atoms with van der Waals surface area (Å²) in [5.74, 6) is -0.915. The first kappa shape index (κ1) is 12.0. The van der Waals surface area contributed by atoms with Crippen molar-refractivity contribution in [3.05, 3.63) is 0 Å². The highest BCUT2D eigenvalue weighted by Gasteiger charge is 2.19. The van der Waals surface area contributed by atoms with Crippen LogP contribution in [0.5, 0.6) is 0 Å². The van der Waals surface area contributed by atoms with Crippen molar-refractivity contribution in [1.29, 1.82) is 5.26 Å². The molecule has 0 amide bonds. The Bertz CT molecular complexity index is 242. The third kappa shape index (κ3) is 4.77. The van der Waals surface area contributed by atoms with Crippen molar-refractivity contribution < 1.29 is 14.6 Å². The second kappa shape index (κ2) is 6.38. The number of ether oxygens (including phenoxy) is 1. The lowest BCUT2D eigenvalue weighted by molar-refractivity contribution is -0.145.